The number of amides is 2. The van der Waals surface area contributed by atoms with Gasteiger partial charge in [-0.3, -0.25) is 9.48 Å². The fourth-order valence-corrected chi connectivity index (χ4v) is 1.43. The van der Waals surface area contributed by atoms with Crippen LogP contribution in [-0.4, -0.2) is 40.0 Å². The van der Waals surface area contributed by atoms with Crippen molar-refractivity contribution in [1.82, 2.24) is 20.4 Å². The number of aryl methyl sites for hydroxylation is 1. The molecular weight excluding hydrogens is 236 g/mol. The molecule has 1 aromatic rings. The topological polar surface area (TPSA) is 96.2 Å². The largest absolute Gasteiger partial charge is 0.481 e. The summed E-state index contributed by atoms with van der Waals surface area (Å²) in [4.78, 5) is 21.5. The van der Waals surface area contributed by atoms with Gasteiger partial charge in [0.25, 0.3) is 0 Å². The second-order valence-electron chi connectivity index (χ2n) is 3.95. The zero-order valence-corrected chi connectivity index (χ0v) is 10.3. The Hall–Kier alpha value is -2.05. The number of rotatable bonds is 7. The maximum absolute atomic E-state index is 11.3. The maximum atomic E-state index is 11.3. The van der Waals surface area contributed by atoms with Crippen LogP contribution in [0.25, 0.3) is 0 Å². The molecule has 0 unspecified atom stereocenters. The van der Waals surface area contributed by atoms with E-state index in [1.165, 1.54) is 0 Å². The minimum Gasteiger partial charge on any atom is -0.481 e. The van der Waals surface area contributed by atoms with Gasteiger partial charge in [0.1, 0.15) is 0 Å². The van der Waals surface area contributed by atoms with Crippen LogP contribution in [-0.2, 0) is 18.3 Å². The van der Waals surface area contributed by atoms with Crippen LogP contribution in [0.3, 0.4) is 0 Å². The van der Waals surface area contributed by atoms with E-state index in [1.54, 1.807) is 10.9 Å². The number of carboxylic acid groups (broad SMARTS) is 1. The highest BCUT2D eigenvalue weighted by Crippen LogP contribution is 1.95. The Balaban J connectivity index is 2.05. The molecule has 1 aromatic heterocycles. The molecule has 0 saturated heterocycles. The van der Waals surface area contributed by atoms with Crippen molar-refractivity contribution in [2.75, 3.05) is 13.1 Å². The number of nitrogens with one attached hydrogen (secondary N) is 2. The SMILES string of the molecule is Cn1cc(CCNC(=O)NCCCC(=O)O)cn1. The Morgan fingerprint density at radius 1 is 1.39 bits per heavy atom. The Morgan fingerprint density at radius 2 is 2.11 bits per heavy atom. The highest BCUT2D eigenvalue weighted by molar-refractivity contribution is 5.73. The summed E-state index contributed by atoms with van der Waals surface area (Å²) < 4.78 is 1.71. The number of carboxylic acids is 1. The van der Waals surface area contributed by atoms with Crippen molar-refractivity contribution >= 4 is 12.0 Å². The number of hydrogen-bond acceptors (Lipinski definition) is 3. The fraction of sp³-hybridized carbons (Fsp3) is 0.545. The quantitative estimate of drug-likeness (QED) is 0.602. The molecule has 2 amide bonds. The first kappa shape index (κ1) is 14.0. The van der Waals surface area contributed by atoms with Crippen molar-refractivity contribution in [1.29, 1.82) is 0 Å². The third kappa shape index (κ3) is 5.88. The van der Waals surface area contributed by atoms with Gasteiger partial charge < -0.3 is 15.7 Å². The Kier molecular flexibility index (Phi) is 5.69. The molecule has 1 heterocycles. The van der Waals surface area contributed by atoms with Gasteiger partial charge >= 0.3 is 12.0 Å². The molecule has 0 aliphatic carbocycles. The van der Waals surface area contributed by atoms with E-state index in [1.807, 2.05) is 13.2 Å². The van der Waals surface area contributed by atoms with Gasteiger partial charge in [-0.25, -0.2) is 4.79 Å². The molecular formula is C11H18N4O3. The molecule has 0 aliphatic heterocycles. The first-order valence-corrected chi connectivity index (χ1v) is 5.79. The molecule has 100 valence electrons. The van der Waals surface area contributed by atoms with Crippen LogP contribution in [0.15, 0.2) is 12.4 Å². The second-order valence-corrected chi connectivity index (χ2v) is 3.95. The zero-order valence-electron chi connectivity index (χ0n) is 10.3. The number of carbonyl (C=O) groups is 2. The minimum atomic E-state index is -0.853. The number of aromatic nitrogens is 2. The van der Waals surface area contributed by atoms with Gasteiger partial charge in [0, 0.05) is 32.8 Å². The smallest absolute Gasteiger partial charge is 0.314 e. The Labute approximate surface area is 105 Å². The van der Waals surface area contributed by atoms with Crippen LogP contribution in [0.1, 0.15) is 18.4 Å². The first-order valence-electron chi connectivity index (χ1n) is 5.79. The molecule has 0 saturated carbocycles. The lowest BCUT2D eigenvalue weighted by atomic mass is 10.2. The van der Waals surface area contributed by atoms with E-state index in [4.69, 9.17) is 5.11 Å². The van der Waals surface area contributed by atoms with E-state index in [9.17, 15) is 9.59 Å². The van der Waals surface area contributed by atoms with E-state index in [2.05, 4.69) is 15.7 Å². The van der Waals surface area contributed by atoms with Gasteiger partial charge in [0.15, 0.2) is 0 Å². The lowest BCUT2D eigenvalue weighted by Crippen LogP contribution is -2.37. The third-order valence-corrected chi connectivity index (χ3v) is 2.31. The van der Waals surface area contributed by atoms with Crippen LogP contribution in [0.4, 0.5) is 4.79 Å². The van der Waals surface area contributed by atoms with Crippen molar-refractivity contribution in [3.05, 3.63) is 18.0 Å². The van der Waals surface area contributed by atoms with E-state index in [0.29, 0.717) is 19.5 Å². The Morgan fingerprint density at radius 3 is 2.72 bits per heavy atom. The molecule has 0 bridgehead atoms. The molecule has 0 fully saturated rings. The van der Waals surface area contributed by atoms with Crippen molar-refractivity contribution in [2.24, 2.45) is 7.05 Å². The summed E-state index contributed by atoms with van der Waals surface area (Å²) in [5, 5.41) is 17.7. The van der Waals surface area contributed by atoms with Crippen LogP contribution in [0, 0.1) is 0 Å². The van der Waals surface area contributed by atoms with Crippen molar-refractivity contribution in [3.63, 3.8) is 0 Å². The molecule has 1 rings (SSSR count). The van der Waals surface area contributed by atoms with Crippen LogP contribution in [0.2, 0.25) is 0 Å². The number of aliphatic carboxylic acids is 1. The predicted octanol–water partition coefficient (Wildman–Crippen LogP) is 0.127. The maximum Gasteiger partial charge on any atom is 0.314 e. The summed E-state index contributed by atoms with van der Waals surface area (Å²) in [5.41, 5.74) is 1.06. The highest BCUT2D eigenvalue weighted by atomic mass is 16.4. The molecule has 7 heteroatoms. The Bertz CT molecular complexity index is 403. The van der Waals surface area contributed by atoms with Gasteiger partial charge in [-0.1, -0.05) is 0 Å². The second kappa shape index (κ2) is 7.31. The van der Waals surface area contributed by atoms with E-state index < -0.39 is 5.97 Å². The fourth-order valence-electron chi connectivity index (χ4n) is 1.43. The summed E-state index contributed by atoms with van der Waals surface area (Å²) in [6.45, 7) is 0.890. The summed E-state index contributed by atoms with van der Waals surface area (Å²) >= 11 is 0. The van der Waals surface area contributed by atoms with Crippen molar-refractivity contribution in [2.45, 2.75) is 19.3 Å². The van der Waals surface area contributed by atoms with Crippen LogP contribution < -0.4 is 10.6 Å². The van der Waals surface area contributed by atoms with Crippen molar-refractivity contribution < 1.29 is 14.7 Å². The normalized spacial score (nSPS) is 10.1. The standard InChI is InChI=1S/C11H18N4O3/c1-15-8-9(7-14-15)4-6-13-11(18)12-5-2-3-10(16)17/h7-8H,2-6H2,1H3,(H,16,17)(H2,12,13,18). The summed E-state index contributed by atoms with van der Waals surface area (Å²) in [6, 6.07) is -0.274. The lowest BCUT2D eigenvalue weighted by molar-refractivity contribution is -0.137. The van der Waals surface area contributed by atoms with Crippen molar-refractivity contribution in [3.8, 4) is 0 Å². The van der Waals surface area contributed by atoms with Gasteiger partial charge in [0.05, 0.1) is 6.20 Å². The highest BCUT2D eigenvalue weighted by Gasteiger charge is 2.01. The molecule has 0 aliphatic rings. The minimum absolute atomic E-state index is 0.0654. The summed E-state index contributed by atoms with van der Waals surface area (Å²) in [7, 11) is 1.84. The number of carbonyl (C=O) groups excluding carboxylic acids is 1. The molecule has 18 heavy (non-hydrogen) atoms. The predicted molar refractivity (Wildman–Crippen MR) is 65.2 cm³/mol. The number of nitrogens with zero attached hydrogens (tertiary/aromatic N) is 2. The van der Waals surface area contributed by atoms with E-state index >= 15 is 0 Å². The monoisotopic (exact) mass is 254 g/mol. The van der Waals surface area contributed by atoms with Gasteiger partial charge in [-0.2, -0.15) is 5.10 Å². The summed E-state index contributed by atoms with van der Waals surface area (Å²) in [6.07, 6.45) is 4.87. The molecule has 0 aromatic carbocycles. The molecule has 3 N–H and O–H groups in total. The summed E-state index contributed by atoms with van der Waals surface area (Å²) in [5.74, 6) is -0.853. The number of urea groups is 1. The molecule has 7 nitrogen and oxygen atoms in total. The molecule has 0 radical (unpaired) electrons. The average molecular weight is 254 g/mol. The first-order chi connectivity index (χ1) is 8.58. The van der Waals surface area contributed by atoms with Gasteiger partial charge in [0.2, 0.25) is 0 Å². The van der Waals surface area contributed by atoms with Crippen LogP contribution >= 0.6 is 0 Å². The molecule has 0 atom stereocenters. The average Bonchev–Trinajstić information content (AvgIpc) is 2.70. The van der Waals surface area contributed by atoms with E-state index in [-0.39, 0.29) is 12.5 Å². The zero-order chi connectivity index (χ0) is 13.4. The molecule has 0 spiro atoms. The van der Waals surface area contributed by atoms with Crippen LogP contribution in [0.5, 0.6) is 0 Å². The van der Waals surface area contributed by atoms with E-state index in [0.717, 1.165) is 12.0 Å². The third-order valence-electron chi connectivity index (χ3n) is 2.31. The van der Waals surface area contributed by atoms with Gasteiger partial charge in [-0.15, -0.1) is 0 Å². The number of hydrogen-bond donors (Lipinski definition) is 3. The van der Waals surface area contributed by atoms with Gasteiger partial charge in [-0.05, 0) is 18.4 Å². The lowest BCUT2D eigenvalue weighted by Gasteiger charge is -2.06.